The van der Waals surface area contributed by atoms with Crippen molar-refractivity contribution in [2.75, 3.05) is 0 Å². The molecule has 0 fully saturated rings. The minimum Gasteiger partial charge on any atom is -0.249 e. The summed E-state index contributed by atoms with van der Waals surface area (Å²) in [6.45, 7) is 2.08. The fourth-order valence-electron chi connectivity index (χ4n) is 1.47. The molecule has 76 valence electrons. The van der Waals surface area contributed by atoms with Gasteiger partial charge in [-0.1, -0.05) is 29.8 Å². The number of benzene rings is 1. The van der Waals surface area contributed by atoms with E-state index in [0.29, 0.717) is 0 Å². The number of aryl methyl sites for hydroxylation is 1. The first-order valence-electron chi connectivity index (χ1n) is 4.55. The Morgan fingerprint density at radius 1 is 1.13 bits per heavy atom. The molecule has 1 aromatic carbocycles. The Balaban J connectivity index is 2.63. The van der Waals surface area contributed by atoms with E-state index in [0.717, 1.165) is 14.6 Å². The smallest absolute Gasteiger partial charge is 0.115 e. The van der Waals surface area contributed by atoms with Crippen molar-refractivity contribution in [2.24, 2.45) is 0 Å². The van der Waals surface area contributed by atoms with Gasteiger partial charge in [-0.3, -0.25) is 0 Å². The van der Waals surface area contributed by atoms with Gasteiger partial charge in [0.25, 0.3) is 0 Å². The minimum absolute atomic E-state index is 0.863. The standard InChI is InChI=1S/C12H9Br2N/c1-8-3-2-4-9(7-8)11-10(13)5-6-15-12(11)14/h2-7H,1H3. The van der Waals surface area contributed by atoms with Crippen LogP contribution in [0.5, 0.6) is 0 Å². The summed E-state index contributed by atoms with van der Waals surface area (Å²) in [5.41, 5.74) is 3.51. The van der Waals surface area contributed by atoms with E-state index in [-0.39, 0.29) is 0 Å². The third kappa shape index (κ3) is 2.29. The van der Waals surface area contributed by atoms with Gasteiger partial charge in [-0.05, 0) is 50.4 Å². The highest BCUT2D eigenvalue weighted by molar-refractivity contribution is 9.11. The summed E-state index contributed by atoms with van der Waals surface area (Å²) >= 11 is 7.01. The Labute approximate surface area is 106 Å². The molecule has 0 saturated heterocycles. The molecule has 0 amide bonds. The summed E-state index contributed by atoms with van der Waals surface area (Å²) in [6.07, 6.45) is 1.77. The van der Waals surface area contributed by atoms with E-state index in [9.17, 15) is 0 Å². The Morgan fingerprint density at radius 3 is 2.60 bits per heavy atom. The number of nitrogens with zero attached hydrogens (tertiary/aromatic N) is 1. The van der Waals surface area contributed by atoms with Gasteiger partial charge < -0.3 is 0 Å². The van der Waals surface area contributed by atoms with Gasteiger partial charge in [0.2, 0.25) is 0 Å². The maximum Gasteiger partial charge on any atom is 0.115 e. The second-order valence-electron chi connectivity index (χ2n) is 3.33. The van der Waals surface area contributed by atoms with E-state index in [1.165, 1.54) is 11.1 Å². The Hall–Kier alpha value is -0.670. The number of halogens is 2. The van der Waals surface area contributed by atoms with Crippen molar-refractivity contribution in [3.05, 3.63) is 51.2 Å². The highest BCUT2D eigenvalue weighted by atomic mass is 79.9. The van der Waals surface area contributed by atoms with E-state index in [2.05, 4.69) is 68.0 Å². The fourth-order valence-corrected chi connectivity index (χ4v) is 2.83. The fraction of sp³-hybridized carbons (Fsp3) is 0.0833. The molecule has 0 saturated carbocycles. The molecule has 0 aliphatic carbocycles. The van der Waals surface area contributed by atoms with Crippen molar-refractivity contribution in [1.82, 2.24) is 4.98 Å². The van der Waals surface area contributed by atoms with Crippen molar-refractivity contribution in [1.29, 1.82) is 0 Å². The third-order valence-electron chi connectivity index (χ3n) is 2.16. The highest BCUT2D eigenvalue weighted by Gasteiger charge is 2.07. The van der Waals surface area contributed by atoms with Gasteiger partial charge in [0.05, 0.1) is 0 Å². The first kappa shape index (κ1) is 10.8. The van der Waals surface area contributed by atoms with E-state index >= 15 is 0 Å². The predicted octanol–water partition coefficient (Wildman–Crippen LogP) is 4.58. The van der Waals surface area contributed by atoms with Crippen LogP contribution in [-0.2, 0) is 0 Å². The topological polar surface area (TPSA) is 12.9 Å². The maximum absolute atomic E-state index is 4.23. The zero-order valence-electron chi connectivity index (χ0n) is 8.17. The normalized spacial score (nSPS) is 10.3. The largest absolute Gasteiger partial charge is 0.249 e. The van der Waals surface area contributed by atoms with E-state index in [1.54, 1.807) is 6.20 Å². The molecule has 1 nitrogen and oxygen atoms in total. The lowest BCUT2D eigenvalue weighted by molar-refractivity contribution is 1.26. The molecular weight excluding hydrogens is 318 g/mol. The van der Waals surface area contributed by atoms with Crippen LogP contribution < -0.4 is 0 Å². The van der Waals surface area contributed by atoms with Gasteiger partial charge in [-0.15, -0.1) is 0 Å². The van der Waals surface area contributed by atoms with Crippen molar-refractivity contribution < 1.29 is 0 Å². The van der Waals surface area contributed by atoms with E-state index in [1.807, 2.05) is 6.07 Å². The number of hydrogen-bond acceptors (Lipinski definition) is 1. The SMILES string of the molecule is Cc1cccc(-c2c(Br)ccnc2Br)c1. The molecule has 3 heteroatoms. The molecule has 2 aromatic rings. The molecule has 15 heavy (non-hydrogen) atoms. The molecule has 0 aliphatic heterocycles. The maximum atomic E-state index is 4.23. The summed E-state index contributed by atoms with van der Waals surface area (Å²) in [5, 5.41) is 0. The Bertz CT molecular complexity index is 474. The van der Waals surface area contributed by atoms with Crippen LogP contribution in [0.4, 0.5) is 0 Å². The van der Waals surface area contributed by atoms with Crippen LogP contribution in [0.1, 0.15) is 5.56 Å². The molecule has 1 heterocycles. The lowest BCUT2D eigenvalue weighted by atomic mass is 10.1. The van der Waals surface area contributed by atoms with Gasteiger partial charge in [-0.25, -0.2) is 4.98 Å². The van der Waals surface area contributed by atoms with Gasteiger partial charge in [0.15, 0.2) is 0 Å². The number of pyridine rings is 1. The number of aromatic nitrogens is 1. The molecule has 0 radical (unpaired) electrons. The summed E-state index contributed by atoms with van der Waals surface area (Å²) in [4.78, 5) is 4.23. The Morgan fingerprint density at radius 2 is 1.93 bits per heavy atom. The lowest BCUT2D eigenvalue weighted by Crippen LogP contribution is -1.85. The van der Waals surface area contributed by atoms with E-state index in [4.69, 9.17) is 0 Å². The second kappa shape index (κ2) is 4.45. The van der Waals surface area contributed by atoms with Gasteiger partial charge in [-0.2, -0.15) is 0 Å². The average molecular weight is 327 g/mol. The highest BCUT2D eigenvalue weighted by Crippen LogP contribution is 2.33. The van der Waals surface area contributed by atoms with Crippen LogP contribution in [0.15, 0.2) is 45.6 Å². The van der Waals surface area contributed by atoms with Crippen LogP contribution in [-0.4, -0.2) is 4.98 Å². The van der Waals surface area contributed by atoms with Gasteiger partial charge in [0, 0.05) is 16.2 Å². The average Bonchev–Trinajstić information content (AvgIpc) is 2.17. The zero-order chi connectivity index (χ0) is 10.8. The number of rotatable bonds is 1. The summed E-state index contributed by atoms with van der Waals surface area (Å²) in [7, 11) is 0. The van der Waals surface area contributed by atoms with E-state index < -0.39 is 0 Å². The van der Waals surface area contributed by atoms with Crippen LogP contribution in [0, 0.1) is 6.92 Å². The summed E-state index contributed by atoms with van der Waals surface area (Å²) in [5.74, 6) is 0. The monoisotopic (exact) mass is 325 g/mol. The molecule has 0 aliphatic rings. The first-order chi connectivity index (χ1) is 7.18. The van der Waals surface area contributed by atoms with Crippen molar-refractivity contribution >= 4 is 31.9 Å². The minimum atomic E-state index is 0.863. The van der Waals surface area contributed by atoms with Crippen molar-refractivity contribution in [2.45, 2.75) is 6.92 Å². The first-order valence-corrected chi connectivity index (χ1v) is 6.14. The lowest BCUT2D eigenvalue weighted by Gasteiger charge is -2.07. The molecular formula is C12H9Br2N. The Kier molecular flexibility index (Phi) is 3.22. The molecule has 0 spiro atoms. The predicted molar refractivity (Wildman–Crippen MR) is 69.8 cm³/mol. The number of hydrogen-bond donors (Lipinski definition) is 0. The molecule has 1 aromatic heterocycles. The summed E-state index contributed by atoms with van der Waals surface area (Å²) in [6, 6.07) is 10.3. The van der Waals surface area contributed by atoms with Crippen molar-refractivity contribution in [3.8, 4) is 11.1 Å². The van der Waals surface area contributed by atoms with Gasteiger partial charge >= 0.3 is 0 Å². The molecule has 0 bridgehead atoms. The van der Waals surface area contributed by atoms with Crippen LogP contribution >= 0.6 is 31.9 Å². The van der Waals surface area contributed by atoms with Crippen LogP contribution in [0.3, 0.4) is 0 Å². The molecule has 2 rings (SSSR count). The van der Waals surface area contributed by atoms with Crippen molar-refractivity contribution in [3.63, 3.8) is 0 Å². The summed E-state index contributed by atoms with van der Waals surface area (Å²) < 4.78 is 1.91. The van der Waals surface area contributed by atoms with Crippen LogP contribution in [0.25, 0.3) is 11.1 Å². The molecule has 0 N–H and O–H groups in total. The zero-order valence-corrected chi connectivity index (χ0v) is 11.3. The third-order valence-corrected chi connectivity index (χ3v) is 3.42. The van der Waals surface area contributed by atoms with Gasteiger partial charge in [0.1, 0.15) is 4.60 Å². The second-order valence-corrected chi connectivity index (χ2v) is 4.93. The quantitative estimate of drug-likeness (QED) is 0.699. The molecule has 0 unspecified atom stereocenters. The van der Waals surface area contributed by atoms with Crippen LogP contribution in [0.2, 0.25) is 0 Å². The molecule has 0 atom stereocenters.